The molecule has 0 amide bonds. The molecule has 2 aliphatic rings. The molecule has 292 valence electrons. The summed E-state index contributed by atoms with van der Waals surface area (Å²) in [6, 6.07) is 27.6. The first-order valence-corrected chi connectivity index (χ1v) is 19.5. The van der Waals surface area contributed by atoms with Crippen molar-refractivity contribution >= 4 is 8.53 Å². The molecule has 3 heterocycles. The summed E-state index contributed by atoms with van der Waals surface area (Å²) in [6.45, 7) is 10.1. The Morgan fingerprint density at radius 1 is 0.945 bits per heavy atom. The molecule has 5 atom stereocenters. The van der Waals surface area contributed by atoms with Crippen molar-refractivity contribution in [1.82, 2.24) is 14.2 Å². The summed E-state index contributed by atoms with van der Waals surface area (Å²) in [7, 11) is 1.48. The average Bonchev–Trinajstić information content (AvgIpc) is 3.68. The Balaban J connectivity index is 1.49. The fourth-order valence-electron chi connectivity index (χ4n) is 7.35. The highest BCUT2D eigenvalue weighted by Gasteiger charge is 2.65. The van der Waals surface area contributed by atoms with Gasteiger partial charge >= 0.3 is 5.69 Å². The van der Waals surface area contributed by atoms with Crippen LogP contribution in [0.4, 0.5) is 0 Å². The number of benzene rings is 3. The summed E-state index contributed by atoms with van der Waals surface area (Å²) >= 11 is 0. The van der Waals surface area contributed by atoms with E-state index in [2.05, 4.69) is 43.4 Å². The van der Waals surface area contributed by atoms with Gasteiger partial charge in [-0.15, -0.1) is 0 Å². The molecule has 2 saturated heterocycles. The zero-order valence-corrected chi connectivity index (χ0v) is 33.2. The molecule has 0 spiro atoms. The number of hydrogen-bond acceptors (Lipinski definition) is 11. The number of hydrogen-bond donors (Lipinski definition) is 1. The van der Waals surface area contributed by atoms with Crippen molar-refractivity contribution < 1.29 is 32.7 Å². The lowest BCUT2D eigenvalue weighted by molar-refractivity contribution is -0.203. The summed E-state index contributed by atoms with van der Waals surface area (Å²) in [4.78, 5) is 28.2. The van der Waals surface area contributed by atoms with E-state index in [4.69, 9.17) is 32.7 Å². The lowest BCUT2D eigenvalue weighted by atomic mass is 9.79. The van der Waals surface area contributed by atoms with Crippen molar-refractivity contribution in [2.75, 3.05) is 34.0 Å². The average molecular weight is 773 g/mol. The van der Waals surface area contributed by atoms with Crippen LogP contribution < -0.4 is 20.7 Å². The normalized spacial score (nSPS) is 21.3. The van der Waals surface area contributed by atoms with E-state index in [-0.39, 0.29) is 38.3 Å². The Morgan fingerprint density at radius 3 is 2.07 bits per heavy atom. The Kier molecular flexibility index (Phi) is 12.6. The maximum Gasteiger partial charge on any atom is 0.330 e. The van der Waals surface area contributed by atoms with Gasteiger partial charge in [0, 0.05) is 23.8 Å². The third kappa shape index (κ3) is 8.00. The fraction of sp³-hybridized carbons (Fsp3) is 0.439. The van der Waals surface area contributed by atoms with Gasteiger partial charge in [-0.1, -0.05) is 54.6 Å². The molecule has 55 heavy (non-hydrogen) atoms. The zero-order valence-electron chi connectivity index (χ0n) is 32.3. The summed E-state index contributed by atoms with van der Waals surface area (Å²) in [5, 5.41) is 9.37. The third-order valence-electron chi connectivity index (χ3n) is 9.97. The van der Waals surface area contributed by atoms with Gasteiger partial charge in [0.2, 0.25) is 0 Å². The second-order valence-corrected chi connectivity index (χ2v) is 15.6. The summed E-state index contributed by atoms with van der Waals surface area (Å²) in [6.07, 6.45) is -0.901. The molecule has 0 aliphatic carbocycles. The van der Waals surface area contributed by atoms with Crippen molar-refractivity contribution in [2.45, 2.75) is 82.8 Å². The van der Waals surface area contributed by atoms with Gasteiger partial charge in [-0.2, -0.15) is 5.26 Å². The summed E-state index contributed by atoms with van der Waals surface area (Å²) in [5.41, 5.74) is -0.751. The lowest BCUT2D eigenvalue weighted by Gasteiger charge is -2.41. The number of methoxy groups -OCH3 is 2. The van der Waals surface area contributed by atoms with Gasteiger partial charge in [0.05, 0.1) is 46.5 Å². The molecule has 1 aromatic heterocycles. The number of nitriles is 1. The second-order valence-electron chi connectivity index (χ2n) is 14.2. The quantitative estimate of drug-likeness (QED) is 0.0744. The molecule has 3 aromatic carbocycles. The maximum atomic E-state index is 13.3. The molecule has 14 heteroatoms. The molecule has 6 rings (SSSR count). The molecule has 2 unspecified atom stereocenters. The molecule has 0 radical (unpaired) electrons. The third-order valence-corrected chi connectivity index (χ3v) is 12.1. The predicted molar refractivity (Wildman–Crippen MR) is 207 cm³/mol. The van der Waals surface area contributed by atoms with Crippen LogP contribution in [0.5, 0.6) is 11.5 Å². The molecule has 2 bridgehead atoms. The molecule has 2 fully saturated rings. The first-order valence-electron chi connectivity index (χ1n) is 18.3. The first kappa shape index (κ1) is 40.3. The summed E-state index contributed by atoms with van der Waals surface area (Å²) < 4.78 is 48.7. The van der Waals surface area contributed by atoms with Crippen LogP contribution in [0.1, 0.15) is 62.6 Å². The first-order chi connectivity index (χ1) is 26.5. The van der Waals surface area contributed by atoms with Gasteiger partial charge in [-0.3, -0.25) is 14.3 Å². The van der Waals surface area contributed by atoms with Crippen LogP contribution in [0.3, 0.4) is 0 Å². The minimum Gasteiger partial charge on any atom is -0.497 e. The van der Waals surface area contributed by atoms with Gasteiger partial charge in [0.25, 0.3) is 14.1 Å². The summed E-state index contributed by atoms with van der Waals surface area (Å²) in [5.74, 6) is 1.38. The highest BCUT2D eigenvalue weighted by atomic mass is 31.2. The van der Waals surface area contributed by atoms with Crippen LogP contribution >= 0.6 is 8.53 Å². The Morgan fingerprint density at radius 2 is 1.53 bits per heavy atom. The van der Waals surface area contributed by atoms with Crippen LogP contribution in [-0.2, 0) is 28.9 Å². The standard InChI is InChI=1S/C41H49N4O9P/c1-27(2)45(28(3)4)55(52-23-11-22-42)54-36-35-38(44-24-29(5)37(46)43-39(44)47)53-40(36,25-50-35)26-51-41(30-12-9-8-10-13-30,31-14-18-33(48-6)19-15-31)32-16-20-34(49-7)21-17-32/h8-10,12-21,24,27-28,35-36,38H,11,23,25-26H2,1-7H3,(H,43,46,47)/t35?,36-,38+,40+,55?/m0/s1. The highest BCUT2D eigenvalue weighted by molar-refractivity contribution is 7.44. The molecule has 0 saturated carbocycles. The Labute approximate surface area is 322 Å². The molecule has 2 aliphatic heterocycles. The maximum absolute atomic E-state index is 13.3. The molecular formula is C41H49N4O9P. The smallest absolute Gasteiger partial charge is 0.330 e. The number of fused-ring (bicyclic) bond motifs is 2. The Bertz CT molecular complexity index is 1990. The number of nitrogens with zero attached hydrogens (tertiary/aromatic N) is 3. The van der Waals surface area contributed by atoms with Crippen molar-refractivity contribution in [3.8, 4) is 17.6 Å². The van der Waals surface area contributed by atoms with Gasteiger partial charge in [0.1, 0.15) is 34.9 Å². The highest BCUT2D eigenvalue weighted by Crippen LogP contribution is 2.56. The monoisotopic (exact) mass is 772 g/mol. The van der Waals surface area contributed by atoms with Crippen molar-refractivity contribution in [3.63, 3.8) is 0 Å². The van der Waals surface area contributed by atoms with Crippen LogP contribution in [0, 0.1) is 18.3 Å². The van der Waals surface area contributed by atoms with Crippen molar-refractivity contribution in [3.05, 3.63) is 128 Å². The van der Waals surface area contributed by atoms with Gasteiger partial charge < -0.3 is 32.7 Å². The van der Waals surface area contributed by atoms with E-state index in [9.17, 15) is 14.9 Å². The van der Waals surface area contributed by atoms with Crippen LogP contribution in [0.15, 0.2) is 94.6 Å². The molecule has 13 nitrogen and oxygen atoms in total. The van der Waals surface area contributed by atoms with E-state index in [0.717, 1.165) is 16.7 Å². The number of aromatic nitrogens is 2. The largest absolute Gasteiger partial charge is 0.497 e. The number of aryl methyl sites for hydroxylation is 1. The van der Waals surface area contributed by atoms with Crippen LogP contribution in [0.25, 0.3) is 0 Å². The van der Waals surface area contributed by atoms with E-state index >= 15 is 0 Å². The van der Waals surface area contributed by atoms with Crippen molar-refractivity contribution in [1.29, 1.82) is 5.26 Å². The van der Waals surface area contributed by atoms with E-state index in [0.29, 0.717) is 17.1 Å². The lowest BCUT2D eigenvalue weighted by Crippen LogP contribution is -2.49. The number of aromatic amines is 1. The van der Waals surface area contributed by atoms with E-state index in [1.54, 1.807) is 21.1 Å². The number of H-pyrrole nitrogens is 1. The van der Waals surface area contributed by atoms with Gasteiger partial charge in [-0.25, -0.2) is 9.46 Å². The number of nitrogens with one attached hydrogen (secondary N) is 1. The van der Waals surface area contributed by atoms with Gasteiger partial charge in [0.15, 0.2) is 6.23 Å². The van der Waals surface area contributed by atoms with E-state index in [1.165, 1.54) is 10.8 Å². The SMILES string of the molecule is COc1ccc(C(OC[C@@]23COC([C@H](n4cc(C)c(=O)[nH]c4=O)O2)[C@@H]3OP(OCCC#N)N(C(C)C)C(C)C)(c2ccccc2)c2ccc(OC)cc2)cc1. The predicted octanol–water partition coefficient (Wildman–Crippen LogP) is 6.20. The van der Waals surface area contributed by atoms with Crippen LogP contribution in [-0.4, -0.2) is 78.2 Å². The zero-order chi connectivity index (χ0) is 39.3. The molecule has 4 aromatic rings. The topological polar surface area (TPSA) is 147 Å². The van der Waals surface area contributed by atoms with Gasteiger partial charge in [-0.05, 0) is 75.6 Å². The number of ether oxygens (including phenoxy) is 5. The van der Waals surface area contributed by atoms with E-state index < -0.39 is 49.4 Å². The fourth-order valence-corrected chi connectivity index (χ4v) is 9.16. The minimum absolute atomic E-state index is 0.0254. The number of rotatable bonds is 17. The van der Waals surface area contributed by atoms with Crippen LogP contribution in [0.2, 0.25) is 0 Å². The van der Waals surface area contributed by atoms with Crippen molar-refractivity contribution in [2.24, 2.45) is 0 Å². The molecule has 1 N–H and O–H groups in total. The van der Waals surface area contributed by atoms with E-state index in [1.807, 2.05) is 78.9 Å². The minimum atomic E-state index is -1.77. The Hall–Kier alpha value is -4.38. The molecular weight excluding hydrogens is 723 g/mol. The second kappa shape index (κ2) is 17.2.